The highest BCUT2D eigenvalue weighted by Crippen LogP contribution is 2.28. The average molecular weight is 396 g/mol. The van der Waals surface area contributed by atoms with E-state index in [1.165, 1.54) is 19.1 Å². The number of nitrogens with one attached hydrogen (secondary N) is 1. The van der Waals surface area contributed by atoms with E-state index in [2.05, 4.69) is 10.1 Å². The van der Waals surface area contributed by atoms with E-state index in [0.29, 0.717) is 22.9 Å². The molecule has 0 aliphatic heterocycles. The predicted molar refractivity (Wildman–Crippen MR) is 91.7 cm³/mol. The molecule has 1 amide bonds. The quantitative estimate of drug-likeness (QED) is 0.597. The van der Waals surface area contributed by atoms with Gasteiger partial charge < -0.3 is 14.6 Å². The Morgan fingerprint density at radius 2 is 1.79 bits per heavy atom. The van der Waals surface area contributed by atoms with Gasteiger partial charge in [-0.15, -0.1) is 0 Å². The third-order valence-corrected chi connectivity index (χ3v) is 3.55. The number of carbonyl (C=O) groups excluding carboxylic acids is 3. The van der Waals surface area contributed by atoms with Gasteiger partial charge in [0.1, 0.15) is 6.54 Å². The Kier molecular flexibility index (Phi) is 6.34. The highest BCUT2D eigenvalue weighted by molar-refractivity contribution is 6.04. The molecule has 0 aliphatic carbocycles. The van der Waals surface area contributed by atoms with Crippen LogP contribution in [0.1, 0.15) is 22.8 Å². The molecule has 0 fully saturated rings. The summed E-state index contributed by atoms with van der Waals surface area (Å²) in [5, 5.41) is 2.40. The van der Waals surface area contributed by atoms with Crippen molar-refractivity contribution in [2.45, 2.75) is 19.6 Å². The van der Waals surface area contributed by atoms with Crippen LogP contribution in [0, 0.1) is 0 Å². The van der Waals surface area contributed by atoms with Crippen LogP contribution in [-0.2, 0) is 27.0 Å². The van der Waals surface area contributed by atoms with Gasteiger partial charge in [-0.1, -0.05) is 12.1 Å². The van der Waals surface area contributed by atoms with Crippen LogP contribution in [0.4, 0.5) is 18.9 Å². The topological polar surface area (TPSA) is 94.5 Å². The van der Waals surface area contributed by atoms with Gasteiger partial charge >= 0.3 is 12.1 Å². The Morgan fingerprint density at radius 1 is 1.11 bits per heavy atom. The lowest BCUT2D eigenvalue weighted by Gasteiger charge is -2.11. The SMILES string of the molecule is CC(=O)c1ccccc1NC(=O)COC(=O)Cn1cc(C(F)(F)F)ccc1=O. The molecule has 0 radical (unpaired) electrons. The lowest BCUT2D eigenvalue weighted by molar-refractivity contribution is -0.148. The van der Waals surface area contributed by atoms with Crippen LogP contribution in [0.25, 0.3) is 0 Å². The first-order valence-corrected chi connectivity index (χ1v) is 7.91. The standard InChI is InChI=1S/C18H15F3N2O5/c1-11(24)13-4-2-3-5-14(13)22-15(25)10-28-17(27)9-23-8-12(18(19,20)21)6-7-16(23)26/h2-8H,9-10H2,1H3,(H,22,25). The predicted octanol–water partition coefficient (Wildman–Crippen LogP) is 2.25. The van der Waals surface area contributed by atoms with Crippen molar-refractivity contribution in [2.24, 2.45) is 0 Å². The Hall–Kier alpha value is -3.43. The Labute approximate surface area is 156 Å². The zero-order chi connectivity index (χ0) is 20.9. The molecule has 1 aromatic heterocycles. The van der Waals surface area contributed by atoms with Crippen LogP contribution in [-0.4, -0.2) is 28.8 Å². The number of anilines is 1. The Morgan fingerprint density at radius 3 is 2.43 bits per heavy atom. The summed E-state index contributed by atoms with van der Waals surface area (Å²) in [5.74, 6) is -2.10. The average Bonchev–Trinajstić information content (AvgIpc) is 2.61. The van der Waals surface area contributed by atoms with Crippen molar-refractivity contribution in [3.05, 3.63) is 64.1 Å². The minimum atomic E-state index is -4.68. The molecular formula is C18H15F3N2O5. The summed E-state index contributed by atoms with van der Waals surface area (Å²) in [5.41, 5.74) is -1.44. The summed E-state index contributed by atoms with van der Waals surface area (Å²) in [4.78, 5) is 46.7. The minimum absolute atomic E-state index is 0.227. The molecule has 1 aromatic carbocycles. The number of para-hydroxylation sites is 1. The number of ketones is 1. The van der Waals surface area contributed by atoms with Gasteiger partial charge in [-0.25, -0.2) is 0 Å². The first kappa shape index (κ1) is 20.9. The normalized spacial score (nSPS) is 11.0. The summed E-state index contributed by atoms with van der Waals surface area (Å²) in [6, 6.07) is 7.47. The summed E-state index contributed by atoms with van der Waals surface area (Å²) in [6.07, 6.45) is -4.18. The first-order chi connectivity index (χ1) is 13.1. The molecule has 7 nitrogen and oxygen atoms in total. The molecule has 0 unspecified atom stereocenters. The molecule has 2 rings (SSSR count). The fraction of sp³-hybridized carbons (Fsp3) is 0.222. The van der Waals surface area contributed by atoms with E-state index in [1.807, 2.05) is 0 Å². The van der Waals surface area contributed by atoms with E-state index >= 15 is 0 Å². The number of hydrogen-bond donors (Lipinski definition) is 1. The van der Waals surface area contributed by atoms with Gasteiger partial charge in [0.25, 0.3) is 11.5 Å². The number of benzene rings is 1. The largest absolute Gasteiger partial charge is 0.454 e. The van der Waals surface area contributed by atoms with Gasteiger partial charge in [0, 0.05) is 17.8 Å². The maximum atomic E-state index is 12.7. The number of hydrogen-bond acceptors (Lipinski definition) is 5. The summed E-state index contributed by atoms with van der Waals surface area (Å²) in [6.45, 7) is -0.212. The first-order valence-electron chi connectivity index (χ1n) is 7.91. The van der Waals surface area contributed by atoms with Crippen LogP contribution >= 0.6 is 0 Å². The second-order valence-electron chi connectivity index (χ2n) is 5.69. The van der Waals surface area contributed by atoms with Crippen molar-refractivity contribution in [1.29, 1.82) is 0 Å². The van der Waals surface area contributed by atoms with E-state index in [1.54, 1.807) is 12.1 Å². The summed E-state index contributed by atoms with van der Waals surface area (Å²) >= 11 is 0. The van der Waals surface area contributed by atoms with E-state index in [0.717, 1.165) is 0 Å². The highest BCUT2D eigenvalue weighted by Gasteiger charge is 2.31. The van der Waals surface area contributed by atoms with Gasteiger partial charge in [0.15, 0.2) is 12.4 Å². The zero-order valence-corrected chi connectivity index (χ0v) is 14.6. The number of carbonyl (C=O) groups is 3. The molecule has 0 atom stereocenters. The fourth-order valence-corrected chi connectivity index (χ4v) is 2.24. The van der Waals surface area contributed by atoms with E-state index in [9.17, 15) is 32.3 Å². The van der Waals surface area contributed by atoms with Gasteiger partial charge in [-0.3, -0.25) is 19.2 Å². The molecule has 2 aromatic rings. The smallest absolute Gasteiger partial charge is 0.417 e. The lowest BCUT2D eigenvalue weighted by Crippen LogP contribution is -2.28. The number of ether oxygens (including phenoxy) is 1. The van der Waals surface area contributed by atoms with Gasteiger partial charge in [0.05, 0.1) is 11.3 Å². The molecular weight excluding hydrogens is 381 g/mol. The number of amides is 1. The molecule has 0 spiro atoms. The molecule has 10 heteroatoms. The minimum Gasteiger partial charge on any atom is -0.454 e. The number of nitrogens with zero attached hydrogens (tertiary/aromatic N) is 1. The van der Waals surface area contributed by atoms with Crippen molar-refractivity contribution in [3.8, 4) is 0 Å². The number of Topliss-reactive ketones (excluding diaryl/α,β-unsaturated/α-hetero) is 1. The molecule has 148 valence electrons. The maximum absolute atomic E-state index is 12.7. The number of pyridine rings is 1. The van der Waals surface area contributed by atoms with Crippen LogP contribution in [0.15, 0.2) is 47.4 Å². The molecule has 0 aliphatic rings. The van der Waals surface area contributed by atoms with Gasteiger partial charge in [-0.05, 0) is 25.1 Å². The van der Waals surface area contributed by atoms with Crippen LogP contribution in [0.5, 0.6) is 0 Å². The highest BCUT2D eigenvalue weighted by atomic mass is 19.4. The number of alkyl halides is 3. The molecule has 1 N–H and O–H groups in total. The van der Waals surface area contributed by atoms with Crippen molar-refractivity contribution < 1.29 is 32.3 Å². The maximum Gasteiger partial charge on any atom is 0.417 e. The molecule has 28 heavy (non-hydrogen) atoms. The van der Waals surface area contributed by atoms with E-state index < -0.39 is 42.3 Å². The van der Waals surface area contributed by atoms with Crippen LogP contribution in [0.2, 0.25) is 0 Å². The number of halogens is 3. The van der Waals surface area contributed by atoms with Crippen molar-refractivity contribution in [1.82, 2.24) is 4.57 Å². The van der Waals surface area contributed by atoms with Crippen LogP contribution < -0.4 is 10.9 Å². The van der Waals surface area contributed by atoms with Gasteiger partial charge in [0.2, 0.25) is 0 Å². The van der Waals surface area contributed by atoms with E-state index in [4.69, 9.17) is 0 Å². The second kappa shape index (κ2) is 8.51. The summed E-state index contributed by atoms with van der Waals surface area (Å²) in [7, 11) is 0. The fourth-order valence-electron chi connectivity index (χ4n) is 2.24. The Balaban J connectivity index is 1.97. The molecule has 0 saturated carbocycles. The van der Waals surface area contributed by atoms with Crippen molar-refractivity contribution >= 4 is 23.3 Å². The monoisotopic (exact) mass is 396 g/mol. The molecule has 1 heterocycles. The van der Waals surface area contributed by atoms with Crippen molar-refractivity contribution in [2.75, 3.05) is 11.9 Å². The second-order valence-corrected chi connectivity index (χ2v) is 5.69. The van der Waals surface area contributed by atoms with Crippen molar-refractivity contribution in [3.63, 3.8) is 0 Å². The lowest BCUT2D eigenvalue weighted by atomic mass is 10.1. The van der Waals surface area contributed by atoms with E-state index in [-0.39, 0.29) is 17.0 Å². The number of esters is 1. The van der Waals surface area contributed by atoms with Crippen LogP contribution in [0.3, 0.4) is 0 Å². The third-order valence-electron chi connectivity index (χ3n) is 3.55. The zero-order valence-electron chi connectivity index (χ0n) is 14.6. The number of rotatable bonds is 6. The molecule has 0 saturated heterocycles. The Bertz CT molecular complexity index is 966. The summed E-state index contributed by atoms with van der Waals surface area (Å²) < 4.78 is 43.3. The number of aromatic nitrogens is 1. The third kappa shape index (κ3) is 5.53. The molecule has 0 bridgehead atoms. The van der Waals surface area contributed by atoms with Gasteiger partial charge in [-0.2, -0.15) is 13.2 Å².